The molecule has 3 rings (SSSR count). The van der Waals surface area contributed by atoms with Crippen molar-refractivity contribution in [3.63, 3.8) is 0 Å². The van der Waals surface area contributed by atoms with E-state index in [-0.39, 0.29) is 5.91 Å². The van der Waals surface area contributed by atoms with E-state index in [1.165, 1.54) is 11.3 Å². The molecule has 2 aromatic heterocycles. The van der Waals surface area contributed by atoms with Crippen LogP contribution in [0.15, 0.2) is 64.6 Å². The number of benzene rings is 1. The number of hydrogen-bond donors (Lipinski definition) is 1. The molecule has 1 amide bonds. The maximum absolute atomic E-state index is 12.3. The minimum absolute atomic E-state index is 0.0738. The van der Waals surface area contributed by atoms with E-state index < -0.39 is 0 Å². The third kappa shape index (κ3) is 2.65. The van der Waals surface area contributed by atoms with Gasteiger partial charge in [0.15, 0.2) is 0 Å². The van der Waals surface area contributed by atoms with Crippen LogP contribution in [-0.4, -0.2) is 5.91 Å². The number of nitrogens with one attached hydrogen (secondary N) is 1. The second-order valence-electron chi connectivity index (χ2n) is 4.29. The van der Waals surface area contributed by atoms with Crippen molar-refractivity contribution in [3.8, 4) is 11.1 Å². The molecule has 1 N–H and O–H groups in total. The Morgan fingerprint density at radius 3 is 2.70 bits per heavy atom. The van der Waals surface area contributed by atoms with Crippen LogP contribution in [-0.2, 0) is 6.54 Å². The molecule has 1 aromatic carbocycles. The number of furan rings is 1. The van der Waals surface area contributed by atoms with Gasteiger partial charge < -0.3 is 9.73 Å². The van der Waals surface area contributed by atoms with E-state index in [1.807, 2.05) is 53.9 Å². The normalized spacial score (nSPS) is 10.4. The predicted molar refractivity (Wildman–Crippen MR) is 79.6 cm³/mol. The van der Waals surface area contributed by atoms with Crippen molar-refractivity contribution in [1.29, 1.82) is 0 Å². The van der Waals surface area contributed by atoms with Gasteiger partial charge in [0.2, 0.25) is 0 Å². The van der Waals surface area contributed by atoms with Crippen molar-refractivity contribution in [3.05, 3.63) is 70.8 Å². The third-order valence-corrected chi connectivity index (χ3v) is 3.87. The van der Waals surface area contributed by atoms with Crippen LogP contribution in [0, 0.1) is 0 Å². The molecule has 0 bridgehead atoms. The van der Waals surface area contributed by atoms with Crippen molar-refractivity contribution >= 4 is 17.2 Å². The summed E-state index contributed by atoms with van der Waals surface area (Å²) >= 11 is 1.45. The Bertz CT molecular complexity index is 686. The zero-order valence-electron chi connectivity index (χ0n) is 10.7. The van der Waals surface area contributed by atoms with E-state index in [4.69, 9.17) is 4.42 Å². The molecule has 3 nitrogen and oxygen atoms in total. The minimum atomic E-state index is -0.0738. The molecule has 0 fully saturated rings. The van der Waals surface area contributed by atoms with Gasteiger partial charge in [0, 0.05) is 5.56 Å². The molecule has 3 aromatic rings. The van der Waals surface area contributed by atoms with E-state index in [0.29, 0.717) is 6.54 Å². The summed E-state index contributed by atoms with van der Waals surface area (Å²) in [6.45, 7) is 0.401. The Labute approximate surface area is 120 Å². The maximum Gasteiger partial charge on any atom is 0.262 e. The highest BCUT2D eigenvalue weighted by Gasteiger charge is 2.14. The van der Waals surface area contributed by atoms with E-state index in [2.05, 4.69) is 5.32 Å². The Balaban J connectivity index is 1.77. The minimum Gasteiger partial charge on any atom is -0.467 e. The van der Waals surface area contributed by atoms with Crippen molar-refractivity contribution in [2.45, 2.75) is 6.54 Å². The van der Waals surface area contributed by atoms with E-state index in [0.717, 1.165) is 21.8 Å². The summed E-state index contributed by atoms with van der Waals surface area (Å²) in [5.41, 5.74) is 2.02. The van der Waals surface area contributed by atoms with E-state index >= 15 is 0 Å². The topological polar surface area (TPSA) is 42.2 Å². The van der Waals surface area contributed by atoms with Gasteiger partial charge in [0.25, 0.3) is 5.91 Å². The number of amides is 1. The van der Waals surface area contributed by atoms with Gasteiger partial charge in [-0.25, -0.2) is 0 Å². The van der Waals surface area contributed by atoms with Crippen molar-refractivity contribution < 1.29 is 9.21 Å². The predicted octanol–water partition coefficient (Wildman–Crippen LogP) is 3.94. The molecule has 0 atom stereocenters. The lowest BCUT2D eigenvalue weighted by Crippen LogP contribution is -2.22. The first kappa shape index (κ1) is 12.7. The Hall–Kier alpha value is -2.33. The first-order valence-corrected chi connectivity index (χ1v) is 7.16. The Kier molecular flexibility index (Phi) is 3.65. The van der Waals surface area contributed by atoms with E-state index in [9.17, 15) is 4.79 Å². The number of carbonyl (C=O) groups is 1. The Morgan fingerprint density at radius 1 is 1.10 bits per heavy atom. The fourth-order valence-electron chi connectivity index (χ4n) is 1.99. The second kappa shape index (κ2) is 5.75. The zero-order chi connectivity index (χ0) is 13.8. The number of rotatable bonds is 4. The van der Waals surface area contributed by atoms with Crippen LogP contribution in [0.3, 0.4) is 0 Å². The van der Waals surface area contributed by atoms with Crippen molar-refractivity contribution in [1.82, 2.24) is 5.32 Å². The molecule has 0 saturated heterocycles. The lowest BCUT2D eigenvalue weighted by Gasteiger charge is -2.05. The van der Waals surface area contributed by atoms with Crippen molar-refractivity contribution in [2.24, 2.45) is 0 Å². The quantitative estimate of drug-likeness (QED) is 0.788. The van der Waals surface area contributed by atoms with Gasteiger partial charge in [-0.2, -0.15) is 0 Å². The van der Waals surface area contributed by atoms with Crippen LogP contribution in [0.5, 0.6) is 0 Å². The summed E-state index contributed by atoms with van der Waals surface area (Å²) in [7, 11) is 0. The maximum atomic E-state index is 12.3. The van der Waals surface area contributed by atoms with Gasteiger partial charge in [0.05, 0.1) is 17.7 Å². The SMILES string of the molecule is O=C(NCc1ccco1)c1sccc1-c1ccccc1. The zero-order valence-corrected chi connectivity index (χ0v) is 11.5. The van der Waals surface area contributed by atoms with Crippen molar-refractivity contribution in [2.75, 3.05) is 0 Å². The molecule has 0 spiro atoms. The summed E-state index contributed by atoms with van der Waals surface area (Å²) in [5, 5.41) is 4.81. The van der Waals surface area contributed by atoms with Gasteiger partial charge in [-0.05, 0) is 29.1 Å². The van der Waals surface area contributed by atoms with Gasteiger partial charge in [-0.15, -0.1) is 11.3 Å². The number of thiophene rings is 1. The van der Waals surface area contributed by atoms with Gasteiger partial charge >= 0.3 is 0 Å². The lowest BCUT2D eigenvalue weighted by atomic mass is 10.1. The highest BCUT2D eigenvalue weighted by atomic mass is 32.1. The van der Waals surface area contributed by atoms with Crippen LogP contribution in [0.25, 0.3) is 11.1 Å². The van der Waals surface area contributed by atoms with Gasteiger partial charge in [0.1, 0.15) is 5.76 Å². The highest BCUT2D eigenvalue weighted by molar-refractivity contribution is 7.12. The molecule has 0 aliphatic carbocycles. The molecule has 0 aliphatic heterocycles. The number of carbonyl (C=O) groups excluding carboxylic acids is 1. The first-order valence-electron chi connectivity index (χ1n) is 6.28. The molecule has 0 aliphatic rings. The molecular weight excluding hydrogens is 270 g/mol. The lowest BCUT2D eigenvalue weighted by molar-refractivity contribution is 0.0952. The number of hydrogen-bond acceptors (Lipinski definition) is 3. The average Bonchev–Trinajstić information content (AvgIpc) is 3.17. The molecule has 100 valence electrons. The summed E-state index contributed by atoms with van der Waals surface area (Å²) in [6.07, 6.45) is 1.60. The van der Waals surface area contributed by atoms with Crippen LogP contribution >= 0.6 is 11.3 Å². The molecular formula is C16H13NO2S. The van der Waals surface area contributed by atoms with Gasteiger partial charge in [-0.3, -0.25) is 4.79 Å². The molecule has 20 heavy (non-hydrogen) atoms. The van der Waals surface area contributed by atoms with Gasteiger partial charge in [-0.1, -0.05) is 30.3 Å². The monoisotopic (exact) mass is 283 g/mol. The summed E-state index contributed by atoms with van der Waals surface area (Å²) in [6, 6.07) is 15.5. The van der Waals surface area contributed by atoms with Crippen LogP contribution in [0.1, 0.15) is 15.4 Å². The average molecular weight is 283 g/mol. The fraction of sp³-hybridized carbons (Fsp3) is 0.0625. The molecule has 0 saturated carbocycles. The fourth-order valence-corrected chi connectivity index (χ4v) is 2.82. The van der Waals surface area contributed by atoms with Crippen LogP contribution in [0.2, 0.25) is 0 Å². The van der Waals surface area contributed by atoms with Crippen LogP contribution < -0.4 is 5.32 Å². The highest BCUT2D eigenvalue weighted by Crippen LogP contribution is 2.28. The molecule has 0 radical (unpaired) electrons. The molecule has 0 unspecified atom stereocenters. The summed E-state index contributed by atoms with van der Waals surface area (Å²) in [4.78, 5) is 13.0. The second-order valence-corrected chi connectivity index (χ2v) is 5.21. The first-order chi connectivity index (χ1) is 9.84. The molecule has 2 heterocycles. The standard InChI is InChI=1S/C16H13NO2S/c18-16(17-11-13-7-4-9-19-13)15-14(8-10-20-15)12-5-2-1-3-6-12/h1-10H,11H2,(H,17,18). The summed E-state index contributed by atoms with van der Waals surface area (Å²) in [5.74, 6) is 0.673. The Morgan fingerprint density at radius 2 is 1.95 bits per heavy atom. The third-order valence-electron chi connectivity index (χ3n) is 2.96. The molecule has 4 heteroatoms. The smallest absolute Gasteiger partial charge is 0.262 e. The van der Waals surface area contributed by atoms with E-state index in [1.54, 1.807) is 6.26 Å². The van der Waals surface area contributed by atoms with Crippen LogP contribution in [0.4, 0.5) is 0 Å². The summed E-state index contributed by atoms with van der Waals surface area (Å²) < 4.78 is 5.20. The largest absolute Gasteiger partial charge is 0.467 e.